The zero-order chi connectivity index (χ0) is 13.9. The summed E-state index contributed by atoms with van der Waals surface area (Å²) in [5, 5.41) is 4.50. The van der Waals surface area contributed by atoms with Crippen molar-refractivity contribution in [3.63, 3.8) is 0 Å². The maximum Gasteiger partial charge on any atom is 0.252 e. The maximum absolute atomic E-state index is 5.69. The van der Waals surface area contributed by atoms with E-state index < -0.39 is 0 Å². The molecule has 0 saturated carbocycles. The molecule has 0 saturated heterocycles. The van der Waals surface area contributed by atoms with Gasteiger partial charge in [-0.1, -0.05) is 19.1 Å². The molecule has 0 radical (unpaired) electrons. The van der Waals surface area contributed by atoms with E-state index in [-0.39, 0.29) is 0 Å². The first-order valence-corrected chi connectivity index (χ1v) is 6.76. The summed E-state index contributed by atoms with van der Waals surface area (Å²) in [6.07, 6.45) is 2.54. The average Bonchev–Trinajstić information content (AvgIpc) is 2.91. The fraction of sp³-hybridized carbons (Fsp3) is 0.267. The summed E-state index contributed by atoms with van der Waals surface area (Å²) in [6.45, 7) is 4.63. The third-order valence-electron chi connectivity index (χ3n) is 3.06. The van der Waals surface area contributed by atoms with Gasteiger partial charge in [0.05, 0.1) is 12.3 Å². The van der Waals surface area contributed by atoms with Crippen LogP contribution in [0.4, 0.5) is 0 Å². The van der Waals surface area contributed by atoms with Crippen LogP contribution in [-0.4, -0.2) is 26.2 Å². The highest BCUT2D eigenvalue weighted by Gasteiger charge is 2.12. The minimum Gasteiger partial charge on any atom is -0.493 e. The summed E-state index contributed by atoms with van der Waals surface area (Å²) in [6, 6.07) is 9.86. The Morgan fingerprint density at radius 2 is 2.00 bits per heavy atom. The van der Waals surface area contributed by atoms with Crippen LogP contribution in [0.2, 0.25) is 0 Å². The van der Waals surface area contributed by atoms with Crippen LogP contribution in [0.1, 0.15) is 19.7 Å². The maximum atomic E-state index is 5.69. The lowest BCUT2D eigenvalue weighted by atomic mass is 10.1. The van der Waals surface area contributed by atoms with Crippen molar-refractivity contribution in [3.8, 4) is 17.0 Å². The van der Waals surface area contributed by atoms with Gasteiger partial charge in [0.2, 0.25) is 0 Å². The van der Waals surface area contributed by atoms with E-state index in [1.54, 1.807) is 10.7 Å². The highest BCUT2D eigenvalue weighted by atomic mass is 16.5. The molecule has 0 N–H and O–H groups in total. The monoisotopic (exact) mass is 268 g/mol. The number of hydrogen-bond acceptors (Lipinski definition) is 4. The van der Waals surface area contributed by atoms with Crippen molar-refractivity contribution in [1.82, 2.24) is 19.6 Å². The number of nitrogens with zero attached hydrogens (tertiary/aromatic N) is 4. The minimum absolute atomic E-state index is 0.616. The third kappa shape index (κ3) is 2.11. The summed E-state index contributed by atoms with van der Waals surface area (Å²) in [7, 11) is 0. The lowest BCUT2D eigenvalue weighted by Crippen LogP contribution is -1.99. The molecule has 1 aromatic carbocycles. The van der Waals surface area contributed by atoms with Crippen molar-refractivity contribution in [1.29, 1.82) is 0 Å². The first kappa shape index (κ1) is 12.6. The molecule has 20 heavy (non-hydrogen) atoms. The number of ether oxygens (including phenoxy) is 1. The van der Waals surface area contributed by atoms with E-state index in [2.05, 4.69) is 15.1 Å². The summed E-state index contributed by atoms with van der Waals surface area (Å²) in [5.74, 6) is 2.25. The van der Waals surface area contributed by atoms with Crippen LogP contribution in [0, 0.1) is 0 Å². The van der Waals surface area contributed by atoms with E-state index in [4.69, 9.17) is 4.74 Å². The molecule has 2 aromatic heterocycles. The van der Waals surface area contributed by atoms with Crippen LogP contribution >= 0.6 is 0 Å². The van der Waals surface area contributed by atoms with Crippen molar-refractivity contribution < 1.29 is 4.74 Å². The van der Waals surface area contributed by atoms with E-state index >= 15 is 0 Å². The van der Waals surface area contributed by atoms with Gasteiger partial charge in [0.1, 0.15) is 5.75 Å². The lowest BCUT2D eigenvalue weighted by molar-refractivity contribution is 0.341. The second-order valence-corrected chi connectivity index (χ2v) is 4.35. The van der Waals surface area contributed by atoms with E-state index in [0.717, 1.165) is 29.3 Å². The highest BCUT2D eigenvalue weighted by Crippen LogP contribution is 2.29. The topological polar surface area (TPSA) is 52.3 Å². The second kappa shape index (κ2) is 5.28. The van der Waals surface area contributed by atoms with E-state index in [9.17, 15) is 0 Å². The van der Waals surface area contributed by atoms with Crippen molar-refractivity contribution in [2.75, 3.05) is 6.61 Å². The SMILES string of the molecule is CCOc1ccccc1-c1ccnc2nc(CC)nn12. The van der Waals surface area contributed by atoms with Crippen LogP contribution in [-0.2, 0) is 6.42 Å². The summed E-state index contributed by atoms with van der Waals surface area (Å²) in [4.78, 5) is 8.65. The number of aromatic nitrogens is 4. The molecule has 0 atom stereocenters. The molecule has 0 aliphatic carbocycles. The number of aryl methyl sites for hydroxylation is 1. The average molecular weight is 268 g/mol. The molecule has 0 amide bonds. The van der Waals surface area contributed by atoms with Crippen LogP contribution in [0.5, 0.6) is 5.75 Å². The Morgan fingerprint density at radius 1 is 1.15 bits per heavy atom. The molecule has 3 aromatic rings. The summed E-state index contributed by atoms with van der Waals surface area (Å²) < 4.78 is 7.47. The highest BCUT2D eigenvalue weighted by molar-refractivity contribution is 5.68. The predicted molar refractivity (Wildman–Crippen MR) is 76.8 cm³/mol. The Morgan fingerprint density at radius 3 is 2.80 bits per heavy atom. The fourth-order valence-electron chi connectivity index (χ4n) is 2.15. The standard InChI is InChI=1S/C15H16N4O/c1-3-14-17-15-16-10-9-12(19(15)18-14)11-7-5-6-8-13(11)20-4-2/h5-10H,3-4H2,1-2H3. The van der Waals surface area contributed by atoms with Gasteiger partial charge in [-0.25, -0.2) is 4.98 Å². The first-order chi connectivity index (χ1) is 9.83. The Hall–Kier alpha value is -2.43. The van der Waals surface area contributed by atoms with Gasteiger partial charge >= 0.3 is 0 Å². The van der Waals surface area contributed by atoms with Crippen LogP contribution in [0.15, 0.2) is 36.5 Å². The molecule has 5 nitrogen and oxygen atoms in total. The molecule has 3 rings (SSSR count). The molecular formula is C15H16N4O. The molecule has 0 spiro atoms. The summed E-state index contributed by atoms with van der Waals surface area (Å²) >= 11 is 0. The van der Waals surface area contributed by atoms with Gasteiger partial charge in [-0.05, 0) is 25.1 Å². The molecular weight excluding hydrogens is 252 g/mol. The van der Waals surface area contributed by atoms with Gasteiger partial charge in [-0.2, -0.15) is 9.50 Å². The zero-order valence-electron chi connectivity index (χ0n) is 11.6. The van der Waals surface area contributed by atoms with E-state index in [1.807, 2.05) is 44.2 Å². The third-order valence-corrected chi connectivity index (χ3v) is 3.06. The molecule has 0 bridgehead atoms. The van der Waals surface area contributed by atoms with Gasteiger partial charge in [-0.15, -0.1) is 5.10 Å². The number of para-hydroxylation sites is 1. The number of fused-ring (bicyclic) bond motifs is 1. The predicted octanol–water partition coefficient (Wildman–Crippen LogP) is 2.75. The summed E-state index contributed by atoms with van der Waals surface area (Å²) in [5.41, 5.74) is 1.93. The van der Waals surface area contributed by atoms with Crippen LogP contribution in [0.25, 0.3) is 17.0 Å². The molecule has 0 aliphatic heterocycles. The lowest BCUT2D eigenvalue weighted by Gasteiger charge is -2.10. The molecule has 102 valence electrons. The molecule has 5 heteroatoms. The van der Waals surface area contributed by atoms with Gasteiger partial charge < -0.3 is 4.74 Å². The normalized spacial score (nSPS) is 10.9. The minimum atomic E-state index is 0.616. The number of rotatable bonds is 4. The van der Waals surface area contributed by atoms with E-state index in [1.165, 1.54) is 0 Å². The van der Waals surface area contributed by atoms with Crippen molar-refractivity contribution in [3.05, 3.63) is 42.4 Å². The second-order valence-electron chi connectivity index (χ2n) is 4.35. The largest absolute Gasteiger partial charge is 0.493 e. The number of benzene rings is 1. The smallest absolute Gasteiger partial charge is 0.252 e. The Kier molecular flexibility index (Phi) is 3.33. The van der Waals surface area contributed by atoms with Gasteiger partial charge in [-0.3, -0.25) is 0 Å². The fourth-order valence-corrected chi connectivity index (χ4v) is 2.15. The quantitative estimate of drug-likeness (QED) is 0.730. The van der Waals surface area contributed by atoms with Gasteiger partial charge in [0.25, 0.3) is 5.78 Å². The first-order valence-electron chi connectivity index (χ1n) is 6.76. The van der Waals surface area contributed by atoms with E-state index in [0.29, 0.717) is 12.4 Å². The molecule has 0 unspecified atom stereocenters. The molecule has 0 fully saturated rings. The molecule has 0 aliphatic rings. The van der Waals surface area contributed by atoms with Gasteiger partial charge in [0.15, 0.2) is 5.82 Å². The Bertz CT molecular complexity index is 736. The van der Waals surface area contributed by atoms with Crippen molar-refractivity contribution >= 4 is 5.78 Å². The Balaban J connectivity index is 2.21. The van der Waals surface area contributed by atoms with Crippen molar-refractivity contribution in [2.45, 2.75) is 20.3 Å². The molecule has 2 heterocycles. The van der Waals surface area contributed by atoms with Gasteiger partial charge in [0, 0.05) is 18.2 Å². The van der Waals surface area contributed by atoms with Crippen molar-refractivity contribution in [2.24, 2.45) is 0 Å². The van der Waals surface area contributed by atoms with Crippen LogP contribution in [0.3, 0.4) is 0 Å². The number of hydrogen-bond donors (Lipinski definition) is 0. The Labute approximate surface area is 117 Å². The van der Waals surface area contributed by atoms with Crippen LogP contribution < -0.4 is 4.74 Å². The zero-order valence-corrected chi connectivity index (χ0v) is 11.6.